The van der Waals surface area contributed by atoms with Gasteiger partial charge in [0.15, 0.2) is 5.92 Å². The van der Waals surface area contributed by atoms with E-state index in [1.165, 1.54) is 12.1 Å². The van der Waals surface area contributed by atoms with Gasteiger partial charge in [0.25, 0.3) is 0 Å². The fourth-order valence-electron chi connectivity index (χ4n) is 1.38. The number of carboxylic acids is 2. The highest BCUT2D eigenvalue weighted by Crippen LogP contribution is 2.20. The molecule has 0 radical (unpaired) electrons. The molecule has 0 bridgehead atoms. The number of hydrogen-bond acceptors (Lipinski definition) is 2. The van der Waals surface area contributed by atoms with E-state index in [9.17, 15) is 14.0 Å². The molecule has 4 nitrogen and oxygen atoms in total. The molecule has 1 aromatic rings. The SMILES string of the molecule is O=C(O)C(CCc1ccc(F)cc1Cl)C(=O)O. The van der Waals surface area contributed by atoms with Gasteiger partial charge in [-0.3, -0.25) is 9.59 Å². The summed E-state index contributed by atoms with van der Waals surface area (Å²) in [5.74, 6) is -4.76. The van der Waals surface area contributed by atoms with E-state index in [-0.39, 0.29) is 17.9 Å². The van der Waals surface area contributed by atoms with Crippen molar-refractivity contribution in [3.8, 4) is 0 Å². The molecule has 92 valence electrons. The molecule has 17 heavy (non-hydrogen) atoms. The van der Waals surface area contributed by atoms with Crippen molar-refractivity contribution in [2.24, 2.45) is 5.92 Å². The lowest BCUT2D eigenvalue weighted by atomic mass is 10.00. The minimum atomic E-state index is -1.48. The molecule has 1 aromatic carbocycles. The zero-order valence-corrected chi connectivity index (χ0v) is 9.45. The Morgan fingerprint density at radius 3 is 2.35 bits per heavy atom. The van der Waals surface area contributed by atoms with Gasteiger partial charge < -0.3 is 10.2 Å². The zero-order chi connectivity index (χ0) is 13.0. The van der Waals surface area contributed by atoms with Gasteiger partial charge in [-0.1, -0.05) is 17.7 Å². The minimum absolute atomic E-state index is 0.0873. The summed E-state index contributed by atoms with van der Waals surface area (Å²) in [6, 6.07) is 3.71. The molecular weight excluding hydrogens is 251 g/mol. The zero-order valence-electron chi connectivity index (χ0n) is 8.69. The second kappa shape index (κ2) is 5.63. The van der Waals surface area contributed by atoms with Gasteiger partial charge in [-0.05, 0) is 30.5 Å². The molecular formula is C11H10ClFO4. The molecule has 0 aromatic heterocycles. The Kier molecular flexibility index (Phi) is 4.45. The molecule has 0 aliphatic rings. The molecule has 0 fully saturated rings. The largest absolute Gasteiger partial charge is 0.481 e. The molecule has 2 N–H and O–H groups in total. The smallest absolute Gasteiger partial charge is 0.317 e. The topological polar surface area (TPSA) is 74.6 Å². The van der Waals surface area contributed by atoms with Crippen molar-refractivity contribution < 1.29 is 24.2 Å². The second-order valence-corrected chi connectivity index (χ2v) is 3.91. The van der Waals surface area contributed by atoms with Crippen molar-refractivity contribution >= 4 is 23.5 Å². The van der Waals surface area contributed by atoms with Gasteiger partial charge in [0.2, 0.25) is 0 Å². The van der Waals surface area contributed by atoms with E-state index in [2.05, 4.69) is 0 Å². The molecule has 0 atom stereocenters. The van der Waals surface area contributed by atoms with Gasteiger partial charge in [-0.2, -0.15) is 0 Å². The van der Waals surface area contributed by atoms with Crippen LogP contribution in [0.5, 0.6) is 0 Å². The Hall–Kier alpha value is -1.62. The Morgan fingerprint density at radius 1 is 1.29 bits per heavy atom. The highest BCUT2D eigenvalue weighted by molar-refractivity contribution is 6.31. The number of hydrogen-bond donors (Lipinski definition) is 2. The third-order valence-corrected chi connectivity index (χ3v) is 2.67. The summed E-state index contributed by atoms with van der Waals surface area (Å²) in [5.41, 5.74) is 0.528. The van der Waals surface area contributed by atoms with Crippen molar-refractivity contribution in [2.75, 3.05) is 0 Å². The van der Waals surface area contributed by atoms with Crippen LogP contribution in [-0.2, 0) is 16.0 Å². The number of carboxylic acid groups (broad SMARTS) is 2. The molecule has 1 rings (SSSR count). The lowest BCUT2D eigenvalue weighted by Crippen LogP contribution is -2.23. The van der Waals surface area contributed by atoms with Gasteiger partial charge in [0.1, 0.15) is 5.82 Å². The van der Waals surface area contributed by atoms with Crippen LogP contribution in [0.25, 0.3) is 0 Å². The van der Waals surface area contributed by atoms with E-state index in [0.717, 1.165) is 6.07 Å². The summed E-state index contributed by atoms with van der Waals surface area (Å²) in [4.78, 5) is 21.3. The predicted octanol–water partition coefficient (Wildman–Crippen LogP) is 2.20. The molecule has 0 aliphatic carbocycles. The molecule has 0 amide bonds. The van der Waals surface area contributed by atoms with Crippen molar-refractivity contribution in [2.45, 2.75) is 12.8 Å². The summed E-state index contributed by atoms with van der Waals surface area (Å²) in [6.07, 6.45) is 0.0817. The fourth-order valence-corrected chi connectivity index (χ4v) is 1.64. The highest BCUT2D eigenvalue weighted by atomic mass is 35.5. The summed E-state index contributed by atoms with van der Waals surface area (Å²) in [5, 5.41) is 17.5. The first-order valence-electron chi connectivity index (χ1n) is 4.81. The highest BCUT2D eigenvalue weighted by Gasteiger charge is 2.25. The van der Waals surface area contributed by atoms with Crippen LogP contribution in [0.4, 0.5) is 4.39 Å². The van der Waals surface area contributed by atoms with Crippen LogP contribution in [0.1, 0.15) is 12.0 Å². The predicted molar refractivity (Wildman–Crippen MR) is 58.5 cm³/mol. The third kappa shape index (κ3) is 3.71. The average molecular weight is 261 g/mol. The van der Waals surface area contributed by atoms with Gasteiger partial charge in [0.05, 0.1) is 0 Å². The Morgan fingerprint density at radius 2 is 1.88 bits per heavy atom. The molecule has 0 spiro atoms. The minimum Gasteiger partial charge on any atom is -0.481 e. The number of aryl methyl sites for hydroxylation is 1. The van der Waals surface area contributed by atoms with E-state index in [4.69, 9.17) is 21.8 Å². The van der Waals surface area contributed by atoms with Gasteiger partial charge >= 0.3 is 11.9 Å². The molecule has 0 heterocycles. The lowest BCUT2D eigenvalue weighted by molar-refractivity contribution is -0.154. The summed E-state index contributed by atoms with van der Waals surface area (Å²) < 4.78 is 12.7. The maximum absolute atomic E-state index is 12.7. The normalized spacial score (nSPS) is 10.5. The number of benzene rings is 1. The standard InChI is InChI=1S/C11H10ClFO4/c12-9-5-7(13)3-1-6(9)2-4-8(10(14)15)11(16)17/h1,3,5,8H,2,4H2,(H,14,15)(H,16,17). The first-order chi connectivity index (χ1) is 7.91. The van der Waals surface area contributed by atoms with Crippen LogP contribution >= 0.6 is 11.6 Å². The van der Waals surface area contributed by atoms with Crippen LogP contribution in [0.15, 0.2) is 18.2 Å². The van der Waals surface area contributed by atoms with E-state index < -0.39 is 23.7 Å². The summed E-state index contributed by atoms with van der Waals surface area (Å²) in [6.45, 7) is 0. The van der Waals surface area contributed by atoms with Gasteiger partial charge in [-0.15, -0.1) is 0 Å². The third-order valence-electron chi connectivity index (χ3n) is 2.31. The Balaban J connectivity index is 2.72. The first kappa shape index (κ1) is 13.4. The summed E-state index contributed by atoms with van der Waals surface area (Å²) in [7, 11) is 0. The average Bonchev–Trinajstić information content (AvgIpc) is 2.20. The molecule has 0 aliphatic heterocycles. The monoisotopic (exact) mass is 260 g/mol. The number of carbonyl (C=O) groups is 2. The van der Waals surface area contributed by atoms with Crippen molar-refractivity contribution in [1.29, 1.82) is 0 Å². The summed E-state index contributed by atoms with van der Waals surface area (Å²) >= 11 is 5.74. The van der Waals surface area contributed by atoms with Crippen molar-refractivity contribution in [1.82, 2.24) is 0 Å². The van der Waals surface area contributed by atoms with E-state index in [1.54, 1.807) is 0 Å². The molecule has 0 saturated carbocycles. The number of rotatable bonds is 5. The van der Waals surface area contributed by atoms with Crippen LogP contribution < -0.4 is 0 Å². The maximum Gasteiger partial charge on any atom is 0.317 e. The Labute approximate surface area is 102 Å². The van der Waals surface area contributed by atoms with Gasteiger partial charge in [0, 0.05) is 5.02 Å². The molecule has 6 heteroatoms. The van der Waals surface area contributed by atoms with Crippen molar-refractivity contribution in [3.63, 3.8) is 0 Å². The first-order valence-corrected chi connectivity index (χ1v) is 5.19. The van der Waals surface area contributed by atoms with Crippen LogP contribution in [0.3, 0.4) is 0 Å². The number of halogens is 2. The van der Waals surface area contributed by atoms with Gasteiger partial charge in [-0.25, -0.2) is 4.39 Å². The van der Waals surface area contributed by atoms with Crippen molar-refractivity contribution in [3.05, 3.63) is 34.6 Å². The van der Waals surface area contributed by atoms with E-state index in [1.807, 2.05) is 0 Å². The van der Waals surface area contributed by atoms with Crippen LogP contribution in [0, 0.1) is 11.7 Å². The van der Waals surface area contributed by atoms with Crippen LogP contribution in [0.2, 0.25) is 5.02 Å². The van der Waals surface area contributed by atoms with E-state index in [0.29, 0.717) is 5.56 Å². The van der Waals surface area contributed by atoms with E-state index >= 15 is 0 Å². The van der Waals surface area contributed by atoms with Crippen LogP contribution in [-0.4, -0.2) is 22.2 Å². The molecule has 0 unspecified atom stereocenters. The quantitative estimate of drug-likeness (QED) is 0.796. The number of aliphatic carboxylic acids is 2. The lowest BCUT2D eigenvalue weighted by Gasteiger charge is -2.08. The second-order valence-electron chi connectivity index (χ2n) is 3.50. The maximum atomic E-state index is 12.7. The fraction of sp³-hybridized carbons (Fsp3) is 0.273. The Bertz CT molecular complexity index is 433. The molecule has 0 saturated heterocycles.